The van der Waals surface area contributed by atoms with E-state index in [9.17, 15) is 21.6 Å². The summed E-state index contributed by atoms with van der Waals surface area (Å²) < 4.78 is 62.3. The molecule has 0 spiro atoms. The maximum Gasteiger partial charge on any atom is 0.534 e. The van der Waals surface area contributed by atoms with Gasteiger partial charge >= 0.3 is 15.6 Å². The van der Waals surface area contributed by atoms with Crippen molar-refractivity contribution in [2.75, 3.05) is 0 Å². The second-order valence-corrected chi connectivity index (χ2v) is 5.69. The van der Waals surface area contributed by atoms with Crippen LogP contribution in [0.2, 0.25) is 0 Å². The highest BCUT2D eigenvalue weighted by molar-refractivity contribution is 7.87. The molecule has 19 heavy (non-hydrogen) atoms. The van der Waals surface area contributed by atoms with Gasteiger partial charge in [-0.25, -0.2) is 0 Å². The molecule has 1 aromatic rings. The van der Waals surface area contributed by atoms with Crippen LogP contribution < -0.4 is 4.18 Å². The third-order valence-electron chi connectivity index (χ3n) is 2.40. The molecule has 0 aliphatic carbocycles. The molecule has 0 unspecified atom stereocenters. The lowest BCUT2D eigenvalue weighted by Crippen LogP contribution is -2.28. The number of halogens is 3. The summed E-state index contributed by atoms with van der Waals surface area (Å²) in [7, 11) is -5.68. The van der Waals surface area contributed by atoms with Gasteiger partial charge in [0.2, 0.25) is 0 Å². The summed E-state index contributed by atoms with van der Waals surface area (Å²) >= 11 is 0. The van der Waals surface area contributed by atoms with Gasteiger partial charge in [-0.3, -0.25) is 0 Å². The number of aliphatic hydroxyl groups is 1. The first-order chi connectivity index (χ1) is 8.58. The van der Waals surface area contributed by atoms with Gasteiger partial charge in [0.25, 0.3) is 0 Å². The molecule has 0 amide bonds. The molecule has 0 atom stereocenters. The lowest BCUT2D eigenvalue weighted by atomic mass is 9.97. The first-order valence-corrected chi connectivity index (χ1v) is 6.73. The fourth-order valence-corrected chi connectivity index (χ4v) is 1.93. The van der Waals surface area contributed by atoms with Crippen molar-refractivity contribution in [1.29, 1.82) is 0 Å². The van der Waals surface area contributed by atoms with E-state index < -0.39 is 21.4 Å². The standard InChI is InChI=1S/C11H13F3O4S/c1-7(2)10-5-9(4-3-8(10)6-15)18-19(16,17)11(12,13)14/h3-5,7,15H,6H2,1-2H3. The summed E-state index contributed by atoms with van der Waals surface area (Å²) in [5.41, 5.74) is -4.44. The molecule has 0 aromatic heterocycles. The Balaban J connectivity index is 3.15. The van der Waals surface area contributed by atoms with Crippen LogP contribution in [-0.4, -0.2) is 19.0 Å². The first-order valence-electron chi connectivity index (χ1n) is 5.33. The second kappa shape index (κ2) is 5.38. The van der Waals surface area contributed by atoms with Crippen molar-refractivity contribution in [2.24, 2.45) is 0 Å². The molecule has 0 fully saturated rings. The first kappa shape index (κ1) is 15.8. The number of rotatable bonds is 4. The molecule has 0 radical (unpaired) electrons. The van der Waals surface area contributed by atoms with E-state index in [1.807, 2.05) is 0 Å². The van der Waals surface area contributed by atoms with Crippen molar-refractivity contribution in [2.45, 2.75) is 31.9 Å². The van der Waals surface area contributed by atoms with Gasteiger partial charge in [-0.15, -0.1) is 0 Å². The average molecular weight is 298 g/mol. The zero-order valence-corrected chi connectivity index (χ0v) is 11.0. The molecule has 1 N–H and O–H groups in total. The highest BCUT2D eigenvalue weighted by atomic mass is 32.2. The molecule has 0 heterocycles. The summed E-state index contributed by atoms with van der Waals surface area (Å²) in [5, 5.41) is 9.08. The molecule has 0 bridgehead atoms. The molecule has 8 heteroatoms. The number of hydrogen-bond acceptors (Lipinski definition) is 4. The van der Waals surface area contributed by atoms with Crippen LogP contribution in [0.15, 0.2) is 18.2 Å². The zero-order valence-electron chi connectivity index (χ0n) is 10.2. The van der Waals surface area contributed by atoms with E-state index >= 15 is 0 Å². The minimum absolute atomic E-state index is 0.0979. The van der Waals surface area contributed by atoms with Gasteiger partial charge in [0.05, 0.1) is 6.61 Å². The normalized spacial score (nSPS) is 12.8. The lowest BCUT2D eigenvalue weighted by molar-refractivity contribution is -0.0500. The van der Waals surface area contributed by atoms with E-state index in [0.717, 1.165) is 6.07 Å². The maximum atomic E-state index is 12.2. The predicted octanol–water partition coefficient (Wildman–Crippen LogP) is 2.53. The van der Waals surface area contributed by atoms with Crippen LogP contribution in [0.5, 0.6) is 5.75 Å². The van der Waals surface area contributed by atoms with Crippen molar-refractivity contribution in [1.82, 2.24) is 0 Å². The van der Waals surface area contributed by atoms with Gasteiger partial charge < -0.3 is 9.29 Å². The van der Waals surface area contributed by atoms with Crippen LogP contribution in [0.4, 0.5) is 13.2 Å². The number of benzene rings is 1. The summed E-state index contributed by atoms with van der Waals surface area (Å²) in [5.74, 6) is -0.530. The van der Waals surface area contributed by atoms with Crippen molar-refractivity contribution in [3.05, 3.63) is 29.3 Å². The van der Waals surface area contributed by atoms with Crippen LogP contribution in [0.25, 0.3) is 0 Å². The predicted molar refractivity (Wildman–Crippen MR) is 62.1 cm³/mol. The van der Waals surface area contributed by atoms with Crippen molar-refractivity contribution in [3.8, 4) is 5.75 Å². The highest BCUT2D eigenvalue weighted by Crippen LogP contribution is 2.30. The van der Waals surface area contributed by atoms with Crippen molar-refractivity contribution < 1.29 is 30.9 Å². The zero-order chi connectivity index (χ0) is 14.8. The summed E-state index contributed by atoms with van der Waals surface area (Å²) in [6.07, 6.45) is 0. The number of alkyl halides is 3. The van der Waals surface area contributed by atoms with Crippen molar-refractivity contribution in [3.63, 3.8) is 0 Å². The molecule has 0 saturated carbocycles. The minimum Gasteiger partial charge on any atom is -0.392 e. The molecule has 108 valence electrons. The maximum absolute atomic E-state index is 12.2. The van der Waals surface area contributed by atoms with Crippen LogP contribution in [-0.2, 0) is 16.7 Å². The summed E-state index contributed by atoms with van der Waals surface area (Å²) in [6, 6.07) is 3.58. The topological polar surface area (TPSA) is 63.6 Å². The third kappa shape index (κ3) is 3.60. The van der Waals surface area contributed by atoms with E-state index in [0.29, 0.717) is 11.1 Å². The Bertz CT molecular complexity index is 550. The molecule has 0 aliphatic rings. The Morgan fingerprint density at radius 3 is 2.32 bits per heavy atom. The van der Waals surface area contributed by atoms with Gasteiger partial charge in [-0.05, 0) is 29.2 Å². The number of aliphatic hydroxyl groups excluding tert-OH is 1. The molecule has 1 aromatic carbocycles. The van der Waals surface area contributed by atoms with Gasteiger partial charge in [0.1, 0.15) is 5.75 Å². The van der Waals surface area contributed by atoms with Crippen LogP contribution in [0.1, 0.15) is 30.9 Å². The molecular weight excluding hydrogens is 285 g/mol. The van der Waals surface area contributed by atoms with E-state index in [1.165, 1.54) is 12.1 Å². The van der Waals surface area contributed by atoms with E-state index in [2.05, 4.69) is 4.18 Å². The van der Waals surface area contributed by atoms with Gasteiger partial charge in [-0.2, -0.15) is 21.6 Å². The van der Waals surface area contributed by atoms with Gasteiger partial charge in [0, 0.05) is 0 Å². The lowest BCUT2D eigenvalue weighted by Gasteiger charge is -2.14. The minimum atomic E-state index is -5.68. The molecule has 1 rings (SSSR count). The Hall–Kier alpha value is -1.28. The smallest absolute Gasteiger partial charge is 0.392 e. The Morgan fingerprint density at radius 2 is 1.89 bits per heavy atom. The monoisotopic (exact) mass is 298 g/mol. The summed E-state index contributed by atoms with van der Waals surface area (Å²) in [6.45, 7) is 3.23. The third-order valence-corrected chi connectivity index (χ3v) is 3.38. The fourth-order valence-electron chi connectivity index (χ4n) is 1.48. The molecule has 0 aliphatic heterocycles. The highest BCUT2D eigenvalue weighted by Gasteiger charge is 2.48. The number of hydrogen-bond donors (Lipinski definition) is 1. The van der Waals surface area contributed by atoms with Crippen LogP contribution in [0, 0.1) is 0 Å². The van der Waals surface area contributed by atoms with Crippen LogP contribution >= 0.6 is 0 Å². The largest absolute Gasteiger partial charge is 0.534 e. The SMILES string of the molecule is CC(C)c1cc(OS(=O)(=O)C(F)(F)F)ccc1CO. The average Bonchev–Trinajstić information content (AvgIpc) is 2.26. The molecular formula is C11H13F3O4S. The fraction of sp³-hybridized carbons (Fsp3) is 0.455. The van der Waals surface area contributed by atoms with E-state index in [1.54, 1.807) is 13.8 Å². The van der Waals surface area contributed by atoms with E-state index in [4.69, 9.17) is 5.11 Å². The van der Waals surface area contributed by atoms with Gasteiger partial charge in [0.15, 0.2) is 0 Å². The Morgan fingerprint density at radius 1 is 1.32 bits per heavy atom. The van der Waals surface area contributed by atoms with E-state index in [-0.39, 0.29) is 12.5 Å². The van der Waals surface area contributed by atoms with Crippen LogP contribution in [0.3, 0.4) is 0 Å². The second-order valence-electron chi connectivity index (χ2n) is 4.16. The van der Waals surface area contributed by atoms with Crippen molar-refractivity contribution >= 4 is 10.1 Å². The molecule has 4 nitrogen and oxygen atoms in total. The molecule has 0 saturated heterocycles. The van der Waals surface area contributed by atoms with Gasteiger partial charge in [-0.1, -0.05) is 19.9 Å². The Kier molecular flexibility index (Phi) is 4.46. The quantitative estimate of drug-likeness (QED) is 0.685. The Labute approximate surface area is 108 Å². The summed E-state index contributed by atoms with van der Waals surface area (Å²) in [4.78, 5) is 0.